The standard InChI is InChI=1S/C25H25ClN4O/c1-15(2)29-17-7-5-16(6-8-17)24-23(27)20-12-11-19(14-22(20)30(24)18-9-10-18)31-25-21(26)4-3-13-28-25/h3-8,11-15,18,29H,9-10,27H2,1-2H3. The zero-order valence-electron chi connectivity index (χ0n) is 17.6. The highest BCUT2D eigenvalue weighted by Crippen LogP contribution is 2.47. The molecular weight excluding hydrogens is 408 g/mol. The summed E-state index contributed by atoms with van der Waals surface area (Å²) in [4.78, 5) is 4.23. The van der Waals surface area contributed by atoms with Gasteiger partial charge in [0.05, 0.1) is 16.9 Å². The Bertz CT molecular complexity index is 1240. The average molecular weight is 433 g/mol. The van der Waals surface area contributed by atoms with Crippen molar-refractivity contribution in [3.05, 3.63) is 65.8 Å². The minimum Gasteiger partial charge on any atom is -0.437 e. The van der Waals surface area contributed by atoms with Gasteiger partial charge in [0.1, 0.15) is 10.8 Å². The van der Waals surface area contributed by atoms with E-state index in [9.17, 15) is 0 Å². The highest BCUT2D eigenvalue weighted by molar-refractivity contribution is 6.31. The van der Waals surface area contributed by atoms with E-state index < -0.39 is 0 Å². The number of rotatable bonds is 6. The van der Waals surface area contributed by atoms with Gasteiger partial charge in [-0.3, -0.25) is 0 Å². The Morgan fingerprint density at radius 3 is 2.58 bits per heavy atom. The van der Waals surface area contributed by atoms with Gasteiger partial charge in [-0.15, -0.1) is 0 Å². The third-order valence-electron chi connectivity index (χ3n) is 5.48. The number of halogens is 1. The molecule has 2 heterocycles. The number of fused-ring (bicyclic) bond motifs is 1. The maximum atomic E-state index is 6.67. The van der Waals surface area contributed by atoms with Crippen molar-refractivity contribution in [2.24, 2.45) is 0 Å². The van der Waals surface area contributed by atoms with Crippen LogP contribution in [0.15, 0.2) is 60.8 Å². The first kappa shape index (κ1) is 19.8. The number of hydrogen-bond acceptors (Lipinski definition) is 4. The average Bonchev–Trinajstić information content (AvgIpc) is 3.54. The lowest BCUT2D eigenvalue weighted by Crippen LogP contribution is -2.09. The summed E-state index contributed by atoms with van der Waals surface area (Å²) < 4.78 is 8.34. The topological polar surface area (TPSA) is 65.1 Å². The summed E-state index contributed by atoms with van der Waals surface area (Å²) in [5.41, 5.74) is 11.8. The van der Waals surface area contributed by atoms with Crippen LogP contribution in [0.25, 0.3) is 22.2 Å². The quantitative estimate of drug-likeness (QED) is 0.348. The smallest absolute Gasteiger partial charge is 0.238 e. The molecule has 0 amide bonds. The number of ether oxygens (including phenoxy) is 1. The van der Waals surface area contributed by atoms with E-state index in [1.165, 1.54) is 0 Å². The van der Waals surface area contributed by atoms with Crippen LogP contribution in [0, 0.1) is 0 Å². The van der Waals surface area contributed by atoms with E-state index in [0.29, 0.717) is 28.7 Å². The molecule has 1 fully saturated rings. The first-order valence-corrected chi connectivity index (χ1v) is 11.0. The molecular formula is C25H25ClN4O. The fourth-order valence-electron chi connectivity index (χ4n) is 4.00. The Hall–Kier alpha value is -3.18. The van der Waals surface area contributed by atoms with Gasteiger partial charge >= 0.3 is 0 Å². The number of aromatic nitrogens is 2. The molecule has 5 rings (SSSR count). The van der Waals surface area contributed by atoms with E-state index in [0.717, 1.165) is 46.4 Å². The molecule has 158 valence electrons. The Labute approximate surface area is 186 Å². The summed E-state index contributed by atoms with van der Waals surface area (Å²) in [6.45, 7) is 4.27. The van der Waals surface area contributed by atoms with Gasteiger partial charge < -0.3 is 20.4 Å². The number of nitrogen functional groups attached to an aromatic ring is 1. The van der Waals surface area contributed by atoms with Crippen molar-refractivity contribution in [1.82, 2.24) is 9.55 Å². The van der Waals surface area contributed by atoms with E-state index >= 15 is 0 Å². The zero-order chi connectivity index (χ0) is 21.5. The van der Waals surface area contributed by atoms with Gasteiger partial charge in [-0.2, -0.15) is 0 Å². The molecule has 0 spiro atoms. The Morgan fingerprint density at radius 2 is 1.90 bits per heavy atom. The minimum atomic E-state index is 0.389. The molecule has 2 aromatic carbocycles. The fraction of sp³-hybridized carbons (Fsp3) is 0.240. The van der Waals surface area contributed by atoms with Gasteiger partial charge in [0.25, 0.3) is 0 Å². The predicted molar refractivity (Wildman–Crippen MR) is 128 cm³/mol. The van der Waals surface area contributed by atoms with Gasteiger partial charge in [-0.25, -0.2) is 4.98 Å². The minimum absolute atomic E-state index is 0.389. The molecule has 0 bridgehead atoms. The van der Waals surface area contributed by atoms with Crippen LogP contribution in [0.2, 0.25) is 5.02 Å². The van der Waals surface area contributed by atoms with E-state index in [1.807, 2.05) is 18.2 Å². The third kappa shape index (κ3) is 3.81. The second kappa shape index (κ2) is 7.82. The van der Waals surface area contributed by atoms with Crippen LogP contribution in [0.4, 0.5) is 11.4 Å². The number of anilines is 2. The van der Waals surface area contributed by atoms with Crippen molar-refractivity contribution >= 4 is 33.9 Å². The fourth-order valence-corrected chi connectivity index (χ4v) is 4.16. The molecule has 0 unspecified atom stereocenters. The van der Waals surface area contributed by atoms with Crippen LogP contribution in [0.1, 0.15) is 32.7 Å². The molecule has 3 N–H and O–H groups in total. The number of hydrogen-bond donors (Lipinski definition) is 2. The van der Waals surface area contributed by atoms with Crippen molar-refractivity contribution < 1.29 is 4.74 Å². The first-order valence-electron chi connectivity index (χ1n) is 10.6. The van der Waals surface area contributed by atoms with Crippen molar-refractivity contribution in [2.75, 3.05) is 11.1 Å². The Morgan fingerprint density at radius 1 is 1.13 bits per heavy atom. The molecule has 1 saturated carbocycles. The predicted octanol–water partition coefficient (Wildman–Crippen LogP) is 6.89. The summed E-state index contributed by atoms with van der Waals surface area (Å²) in [5.74, 6) is 1.09. The highest BCUT2D eigenvalue weighted by atomic mass is 35.5. The maximum absolute atomic E-state index is 6.67. The van der Waals surface area contributed by atoms with Crippen LogP contribution >= 0.6 is 11.6 Å². The molecule has 0 radical (unpaired) electrons. The lowest BCUT2D eigenvalue weighted by Gasteiger charge is -2.13. The number of nitrogens with zero attached hydrogens (tertiary/aromatic N) is 2. The van der Waals surface area contributed by atoms with E-state index in [4.69, 9.17) is 22.1 Å². The monoisotopic (exact) mass is 432 g/mol. The normalized spacial score (nSPS) is 13.7. The number of pyridine rings is 1. The summed E-state index contributed by atoms with van der Waals surface area (Å²) in [6.07, 6.45) is 3.97. The van der Waals surface area contributed by atoms with Crippen molar-refractivity contribution in [3.63, 3.8) is 0 Å². The van der Waals surface area contributed by atoms with Crippen LogP contribution in [0.5, 0.6) is 11.6 Å². The molecule has 4 aromatic rings. The van der Waals surface area contributed by atoms with Gasteiger partial charge in [0.15, 0.2) is 0 Å². The second-order valence-corrected chi connectivity index (χ2v) is 8.72. The highest BCUT2D eigenvalue weighted by Gasteiger charge is 2.30. The third-order valence-corrected chi connectivity index (χ3v) is 5.77. The summed E-state index contributed by atoms with van der Waals surface area (Å²) in [6, 6.07) is 18.9. The van der Waals surface area contributed by atoms with Crippen LogP contribution in [-0.4, -0.2) is 15.6 Å². The number of nitrogens with two attached hydrogens (primary N) is 1. The van der Waals surface area contributed by atoms with E-state index in [-0.39, 0.29) is 0 Å². The summed E-state index contributed by atoms with van der Waals surface area (Å²) in [5, 5.41) is 4.95. The second-order valence-electron chi connectivity index (χ2n) is 8.31. The lowest BCUT2D eigenvalue weighted by atomic mass is 10.1. The first-order chi connectivity index (χ1) is 15.0. The van der Waals surface area contributed by atoms with Crippen molar-refractivity contribution in [3.8, 4) is 22.9 Å². The lowest BCUT2D eigenvalue weighted by molar-refractivity contribution is 0.463. The van der Waals surface area contributed by atoms with Crippen molar-refractivity contribution in [2.45, 2.75) is 38.8 Å². The Kier molecular flexibility index (Phi) is 4.98. The molecule has 2 aromatic heterocycles. The largest absolute Gasteiger partial charge is 0.437 e. The molecule has 1 aliphatic carbocycles. The van der Waals surface area contributed by atoms with Crippen LogP contribution in [-0.2, 0) is 0 Å². The van der Waals surface area contributed by atoms with Crippen molar-refractivity contribution in [1.29, 1.82) is 0 Å². The molecule has 0 saturated heterocycles. The molecule has 0 aliphatic heterocycles. The number of nitrogens with one attached hydrogen (secondary N) is 1. The SMILES string of the molecule is CC(C)Nc1ccc(-c2c(N)c3ccc(Oc4ncccc4Cl)cc3n2C2CC2)cc1. The maximum Gasteiger partial charge on any atom is 0.238 e. The summed E-state index contributed by atoms with van der Waals surface area (Å²) >= 11 is 6.22. The summed E-state index contributed by atoms with van der Waals surface area (Å²) in [7, 11) is 0. The van der Waals surface area contributed by atoms with Gasteiger partial charge in [0.2, 0.25) is 5.88 Å². The van der Waals surface area contributed by atoms with Gasteiger partial charge in [-0.1, -0.05) is 23.7 Å². The molecule has 0 atom stereocenters. The van der Waals surface area contributed by atoms with Gasteiger partial charge in [0, 0.05) is 41.0 Å². The van der Waals surface area contributed by atoms with Crippen LogP contribution in [0.3, 0.4) is 0 Å². The zero-order valence-corrected chi connectivity index (χ0v) is 18.4. The van der Waals surface area contributed by atoms with E-state index in [2.05, 4.69) is 53.0 Å². The molecule has 6 heteroatoms. The Balaban J connectivity index is 1.58. The van der Waals surface area contributed by atoms with Gasteiger partial charge in [-0.05, 0) is 63.1 Å². The number of benzene rings is 2. The van der Waals surface area contributed by atoms with E-state index in [1.54, 1.807) is 18.3 Å². The molecule has 31 heavy (non-hydrogen) atoms. The molecule has 1 aliphatic rings. The van der Waals surface area contributed by atoms with Crippen LogP contribution < -0.4 is 15.8 Å². The molecule has 5 nitrogen and oxygen atoms in total.